The molecule has 0 aromatic rings. The normalized spacial score (nSPS) is 43.8. The van der Waals surface area contributed by atoms with Gasteiger partial charge >= 0.3 is 11.9 Å². The highest BCUT2D eigenvalue weighted by Crippen LogP contribution is 2.65. The van der Waals surface area contributed by atoms with Gasteiger partial charge in [-0.1, -0.05) is 13.8 Å². The number of hydrogen-bond donors (Lipinski definition) is 2. The summed E-state index contributed by atoms with van der Waals surface area (Å²) < 4.78 is 0. The van der Waals surface area contributed by atoms with Gasteiger partial charge in [0.25, 0.3) is 0 Å². The Kier molecular flexibility index (Phi) is 3.70. The van der Waals surface area contributed by atoms with E-state index in [9.17, 15) is 24.6 Å². The van der Waals surface area contributed by atoms with E-state index in [0.29, 0.717) is 24.9 Å². The van der Waals surface area contributed by atoms with E-state index in [1.165, 1.54) is 0 Å². The van der Waals surface area contributed by atoms with Crippen LogP contribution >= 0.6 is 7.92 Å². The quantitative estimate of drug-likeness (QED) is 0.612. The molecule has 5 nitrogen and oxygen atoms in total. The molecule has 4 atom stereocenters. The van der Waals surface area contributed by atoms with Crippen LogP contribution in [0.5, 0.6) is 0 Å². The van der Waals surface area contributed by atoms with Crippen LogP contribution in [0.3, 0.4) is 0 Å². The smallest absolute Gasteiger partial charge is 0.310 e. The molecular weight excluding hydrogens is 279 g/mol. The lowest BCUT2D eigenvalue weighted by Gasteiger charge is -2.54. The van der Waals surface area contributed by atoms with E-state index in [1.807, 2.05) is 13.8 Å². The Labute approximate surface area is 119 Å². The topological polar surface area (TPSA) is 91.7 Å². The minimum Gasteiger partial charge on any atom is -0.481 e. The molecule has 4 unspecified atom stereocenters. The number of carbonyl (C=O) groups excluding carboxylic acids is 1. The van der Waals surface area contributed by atoms with Crippen molar-refractivity contribution in [1.29, 1.82) is 0 Å². The van der Waals surface area contributed by atoms with Crippen LogP contribution in [0.15, 0.2) is 0 Å². The van der Waals surface area contributed by atoms with Crippen LogP contribution in [0.2, 0.25) is 0 Å². The standard InChI is InChI=1S/C14H21O5P/c1-3-13(10(16)17)5-14(11(18)19)4-12(2,6-15)7-20(8-13)9-14/h6H,3-5,7-9H2,1-2H3,(H,16,17)(H,18,19). The number of fused-ring (bicyclic) bond motifs is 2. The SMILES string of the molecule is CCC1(C(=O)O)CP2CC(C)(C=O)CC(C(=O)O)(C2)C1. The third kappa shape index (κ3) is 2.26. The monoisotopic (exact) mass is 300 g/mol. The van der Waals surface area contributed by atoms with E-state index in [-0.39, 0.29) is 12.8 Å². The van der Waals surface area contributed by atoms with Crippen molar-refractivity contribution in [3.8, 4) is 0 Å². The van der Waals surface area contributed by atoms with Gasteiger partial charge in [0.05, 0.1) is 10.8 Å². The fraction of sp³-hybridized carbons (Fsp3) is 0.786. The number of rotatable bonds is 4. The Balaban J connectivity index is 2.45. The van der Waals surface area contributed by atoms with Crippen LogP contribution in [-0.4, -0.2) is 46.9 Å². The molecule has 0 spiro atoms. The van der Waals surface area contributed by atoms with Crippen LogP contribution in [0.1, 0.15) is 33.1 Å². The predicted molar refractivity (Wildman–Crippen MR) is 75.4 cm³/mol. The molecule has 20 heavy (non-hydrogen) atoms. The lowest BCUT2D eigenvalue weighted by molar-refractivity contribution is -0.159. The summed E-state index contributed by atoms with van der Waals surface area (Å²) in [5, 5.41) is 19.3. The first kappa shape index (κ1) is 15.4. The van der Waals surface area contributed by atoms with Crippen molar-refractivity contribution in [1.82, 2.24) is 0 Å². The van der Waals surface area contributed by atoms with E-state index in [2.05, 4.69) is 0 Å². The summed E-state index contributed by atoms with van der Waals surface area (Å²) in [6, 6.07) is 0. The Bertz CT molecular complexity index is 464. The van der Waals surface area contributed by atoms with E-state index in [0.717, 1.165) is 6.29 Å². The van der Waals surface area contributed by atoms with Gasteiger partial charge < -0.3 is 15.0 Å². The molecule has 0 radical (unpaired) electrons. The summed E-state index contributed by atoms with van der Waals surface area (Å²) in [4.78, 5) is 34.8. The van der Waals surface area contributed by atoms with Gasteiger partial charge in [0.1, 0.15) is 6.29 Å². The zero-order valence-electron chi connectivity index (χ0n) is 11.9. The third-order valence-corrected chi connectivity index (χ3v) is 8.20. The van der Waals surface area contributed by atoms with Crippen molar-refractivity contribution < 1.29 is 24.6 Å². The lowest BCUT2D eigenvalue weighted by Crippen LogP contribution is -2.55. The summed E-state index contributed by atoms with van der Waals surface area (Å²) in [6.45, 7) is 3.63. The van der Waals surface area contributed by atoms with Crippen molar-refractivity contribution in [2.45, 2.75) is 33.1 Å². The number of aliphatic carboxylic acids is 2. The van der Waals surface area contributed by atoms with Gasteiger partial charge in [0.15, 0.2) is 0 Å². The number of carboxylic acid groups (broad SMARTS) is 2. The van der Waals surface area contributed by atoms with Crippen LogP contribution < -0.4 is 0 Å². The number of hydrogen-bond acceptors (Lipinski definition) is 3. The Morgan fingerprint density at radius 2 is 1.80 bits per heavy atom. The molecule has 2 saturated heterocycles. The van der Waals surface area contributed by atoms with Crippen LogP contribution in [0, 0.1) is 16.2 Å². The number of aldehydes is 1. The van der Waals surface area contributed by atoms with Gasteiger partial charge in [-0.15, -0.1) is 7.92 Å². The summed E-state index contributed by atoms with van der Waals surface area (Å²) in [5.41, 5.74) is -2.57. The van der Waals surface area contributed by atoms with Crippen LogP contribution in [0.4, 0.5) is 0 Å². The number of carboxylic acids is 2. The van der Waals surface area contributed by atoms with Crippen molar-refractivity contribution >= 4 is 26.1 Å². The first-order valence-corrected chi connectivity index (χ1v) is 8.76. The second-order valence-electron chi connectivity index (χ2n) is 6.80. The first-order valence-electron chi connectivity index (χ1n) is 6.86. The molecule has 2 N–H and O–H groups in total. The maximum atomic E-state index is 11.8. The lowest BCUT2D eigenvalue weighted by atomic mass is 9.64. The van der Waals surface area contributed by atoms with E-state index in [1.54, 1.807) is 0 Å². The fourth-order valence-corrected chi connectivity index (χ4v) is 8.16. The molecule has 0 amide bonds. The second-order valence-corrected chi connectivity index (χ2v) is 9.09. The zero-order chi connectivity index (χ0) is 15.2. The van der Waals surface area contributed by atoms with E-state index >= 15 is 0 Å². The predicted octanol–water partition coefficient (Wildman–Crippen LogP) is 2.03. The molecule has 2 aliphatic rings. The van der Waals surface area contributed by atoms with E-state index < -0.39 is 36.1 Å². The van der Waals surface area contributed by atoms with Crippen molar-refractivity contribution in [2.75, 3.05) is 18.5 Å². The highest BCUT2D eigenvalue weighted by atomic mass is 31.1. The molecule has 2 fully saturated rings. The Hall–Kier alpha value is -0.960. The van der Waals surface area contributed by atoms with Crippen molar-refractivity contribution in [3.63, 3.8) is 0 Å². The molecule has 6 heteroatoms. The maximum Gasteiger partial charge on any atom is 0.310 e. The molecule has 2 bridgehead atoms. The summed E-state index contributed by atoms with van der Waals surface area (Å²) in [7, 11) is -0.716. The first-order chi connectivity index (χ1) is 9.21. The molecule has 0 saturated carbocycles. The van der Waals surface area contributed by atoms with Crippen LogP contribution in [0.25, 0.3) is 0 Å². The molecule has 2 aliphatic heterocycles. The maximum absolute atomic E-state index is 11.8. The van der Waals surface area contributed by atoms with Crippen molar-refractivity contribution in [3.05, 3.63) is 0 Å². The summed E-state index contributed by atoms with van der Waals surface area (Å²) >= 11 is 0. The molecule has 0 aliphatic carbocycles. The van der Waals surface area contributed by atoms with E-state index in [4.69, 9.17) is 0 Å². The Morgan fingerprint density at radius 3 is 2.25 bits per heavy atom. The third-order valence-electron chi connectivity index (χ3n) is 4.93. The van der Waals surface area contributed by atoms with Gasteiger partial charge in [-0.05, 0) is 37.7 Å². The average Bonchev–Trinajstić information content (AvgIpc) is 2.36. The minimum atomic E-state index is -1.04. The van der Waals surface area contributed by atoms with Crippen molar-refractivity contribution in [2.24, 2.45) is 16.2 Å². The second kappa shape index (κ2) is 4.80. The fourth-order valence-electron chi connectivity index (χ4n) is 4.07. The molecule has 0 aromatic carbocycles. The summed E-state index contributed by atoms with van der Waals surface area (Å²) in [6.07, 6.45) is 3.53. The molecule has 2 rings (SSSR count). The Morgan fingerprint density at radius 1 is 1.15 bits per heavy atom. The summed E-state index contributed by atoms with van der Waals surface area (Å²) in [5.74, 6) is -1.82. The van der Waals surface area contributed by atoms with Crippen LogP contribution in [-0.2, 0) is 14.4 Å². The molecule has 2 heterocycles. The van der Waals surface area contributed by atoms with Gasteiger partial charge in [-0.2, -0.15) is 0 Å². The zero-order valence-corrected chi connectivity index (χ0v) is 12.8. The van der Waals surface area contributed by atoms with Gasteiger partial charge in [0.2, 0.25) is 0 Å². The van der Waals surface area contributed by atoms with Gasteiger partial charge in [-0.3, -0.25) is 9.59 Å². The van der Waals surface area contributed by atoms with Gasteiger partial charge in [0, 0.05) is 5.41 Å². The largest absolute Gasteiger partial charge is 0.481 e. The van der Waals surface area contributed by atoms with Gasteiger partial charge in [-0.25, -0.2) is 0 Å². The average molecular weight is 300 g/mol. The highest BCUT2D eigenvalue weighted by molar-refractivity contribution is 7.58. The molecule has 112 valence electrons. The number of carbonyl (C=O) groups is 3. The minimum absolute atomic E-state index is 0.156. The molecular formula is C14H21O5P. The highest BCUT2D eigenvalue weighted by Gasteiger charge is 2.60. The molecule has 0 aromatic heterocycles.